The number of hydrogen-bond donors (Lipinski definition) is 1. The van der Waals surface area contributed by atoms with Crippen molar-refractivity contribution in [3.05, 3.63) is 30.3 Å². The first-order chi connectivity index (χ1) is 10.8. The van der Waals surface area contributed by atoms with Gasteiger partial charge in [-0.25, -0.2) is 0 Å². The highest BCUT2D eigenvalue weighted by atomic mass is 15.4. The van der Waals surface area contributed by atoms with E-state index >= 15 is 0 Å². The van der Waals surface area contributed by atoms with Crippen LogP contribution in [0.5, 0.6) is 0 Å². The van der Waals surface area contributed by atoms with Crippen molar-refractivity contribution < 1.29 is 0 Å². The lowest BCUT2D eigenvalue weighted by molar-refractivity contribution is 0.220. The molecule has 3 rings (SSSR count). The van der Waals surface area contributed by atoms with E-state index in [1.54, 1.807) is 0 Å². The lowest BCUT2D eigenvalue weighted by Crippen LogP contribution is -2.39. The van der Waals surface area contributed by atoms with Crippen molar-refractivity contribution in [1.82, 2.24) is 9.80 Å². The molecule has 2 aliphatic heterocycles. The summed E-state index contributed by atoms with van der Waals surface area (Å²) in [6, 6.07) is 10.9. The van der Waals surface area contributed by atoms with Crippen molar-refractivity contribution >= 4 is 11.6 Å². The maximum absolute atomic E-state index is 8.49. The molecule has 0 amide bonds. The Morgan fingerprint density at radius 3 is 2.50 bits per heavy atom. The molecule has 2 heterocycles. The number of nitrogens with zero attached hydrogens (tertiary/aromatic N) is 3. The Morgan fingerprint density at radius 2 is 1.82 bits per heavy atom. The summed E-state index contributed by atoms with van der Waals surface area (Å²) >= 11 is 0. The number of likely N-dealkylation sites (N-methyl/N-ethyl adjacent to an activating group) is 1. The zero-order valence-corrected chi connectivity index (χ0v) is 13.7. The van der Waals surface area contributed by atoms with Crippen molar-refractivity contribution in [3.63, 3.8) is 0 Å². The first-order valence-corrected chi connectivity index (χ1v) is 8.69. The Labute approximate surface area is 134 Å². The van der Waals surface area contributed by atoms with Crippen LogP contribution in [0.2, 0.25) is 0 Å². The first kappa shape index (κ1) is 15.3. The monoisotopic (exact) mass is 300 g/mol. The molecule has 2 fully saturated rings. The minimum absolute atomic E-state index is 0.428. The molecule has 4 heteroatoms. The molecule has 2 aliphatic rings. The molecule has 1 atom stereocenters. The molecule has 22 heavy (non-hydrogen) atoms. The van der Waals surface area contributed by atoms with Crippen LogP contribution in [0.3, 0.4) is 0 Å². The van der Waals surface area contributed by atoms with E-state index in [2.05, 4.69) is 45.9 Å². The van der Waals surface area contributed by atoms with Gasteiger partial charge in [0.2, 0.25) is 0 Å². The molecular formula is C18H28N4. The number of para-hydroxylation sites is 1. The molecule has 120 valence electrons. The zero-order chi connectivity index (χ0) is 15.4. The first-order valence-electron chi connectivity index (χ1n) is 8.69. The average molecular weight is 300 g/mol. The van der Waals surface area contributed by atoms with Gasteiger partial charge in [-0.05, 0) is 51.4 Å². The summed E-state index contributed by atoms with van der Waals surface area (Å²) in [6.07, 6.45) is 5.24. The molecule has 0 radical (unpaired) electrons. The number of nitrogens with one attached hydrogen (secondary N) is 1. The average Bonchev–Trinajstić information content (AvgIpc) is 2.90. The molecule has 0 spiro atoms. The highest BCUT2D eigenvalue weighted by Gasteiger charge is 2.34. The summed E-state index contributed by atoms with van der Waals surface area (Å²) in [5.74, 6) is 0.664. The Hall–Kier alpha value is -1.55. The van der Waals surface area contributed by atoms with E-state index in [1.165, 1.54) is 38.9 Å². The molecule has 1 aromatic carbocycles. The number of anilines is 1. The van der Waals surface area contributed by atoms with Crippen LogP contribution in [0.1, 0.15) is 32.6 Å². The Morgan fingerprint density at radius 1 is 1.09 bits per heavy atom. The van der Waals surface area contributed by atoms with Gasteiger partial charge in [0.05, 0.1) is 6.04 Å². The van der Waals surface area contributed by atoms with Crippen LogP contribution in [-0.2, 0) is 0 Å². The minimum atomic E-state index is 0.428. The van der Waals surface area contributed by atoms with Gasteiger partial charge in [0, 0.05) is 25.3 Å². The van der Waals surface area contributed by atoms with Gasteiger partial charge in [0.25, 0.3) is 0 Å². The maximum atomic E-state index is 8.49. The molecular weight excluding hydrogens is 272 g/mol. The van der Waals surface area contributed by atoms with Crippen LogP contribution in [0.4, 0.5) is 5.69 Å². The second-order valence-electron chi connectivity index (χ2n) is 6.41. The minimum Gasteiger partial charge on any atom is -0.341 e. The van der Waals surface area contributed by atoms with Crippen LogP contribution in [0.25, 0.3) is 0 Å². The second kappa shape index (κ2) is 7.14. The zero-order valence-electron chi connectivity index (χ0n) is 13.7. The largest absolute Gasteiger partial charge is 0.341 e. The fourth-order valence-electron chi connectivity index (χ4n) is 3.68. The third kappa shape index (κ3) is 3.27. The van der Waals surface area contributed by atoms with E-state index in [4.69, 9.17) is 5.41 Å². The Kier molecular flexibility index (Phi) is 4.98. The van der Waals surface area contributed by atoms with Crippen molar-refractivity contribution in [2.75, 3.05) is 37.6 Å². The van der Waals surface area contributed by atoms with Crippen molar-refractivity contribution in [2.45, 2.75) is 38.6 Å². The summed E-state index contributed by atoms with van der Waals surface area (Å²) in [5, 5.41) is 8.49. The third-order valence-corrected chi connectivity index (χ3v) is 4.97. The summed E-state index contributed by atoms with van der Waals surface area (Å²) in [7, 11) is 0. The predicted octanol–water partition coefficient (Wildman–Crippen LogP) is 3.01. The molecule has 0 aliphatic carbocycles. The number of piperidine rings is 1. The van der Waals surface area contributed by atoms with E-state index in [0.717, 1.165) is 25.2 Å². The van der Waals surface area contributed by atoms with Crippen LogP contribution >= 0.6 is 0 Å². The SMILES string of the molecule is CCN1CC(CCN2CCCCC2)N(c2ccccc2)C1=N. The van der Waals surface area contributed by atoms with Crippen LogP contribution < -0.4 is 4.90 Å². The van der Waals surface area contributed by atoms with Crippen LogP contribution in [-0.4, -0.2) is 54.5 Å². The van der Waals surface area contributed by atoms with Crippen molar-refractivity contribution in [2.24, 2.45) is 0 Å². The van der Waals surface area contributed by atoms with Gasteiger partial charge in [-0.15, -0.1) is 0 Å². The molecule has 0 saturated carbocycles. The number of guanidine groups is 1. The van der Waals surface area contributed by atoms with Crippen molar-refractivity contribution in [3.8, 4) is 0 Å². The summed E-state index contributed by atoms with van der Waals surface area (Å²) in [4.78, 5) is 7.02. The van der Waals surface area contributed by atoms with Gasteiger partial charge in [0.15, 0.2) is 5.96 Å². The molecule has 1 aromatic rings. The summed E-state index contributed by atoms with van der Waals surface area (Å²) in [5.41, 5.74) is 1.16. The fourth-order valence-corrected chi connectivity index (χ4v) is 3.68. The van der Waals surface area contributed by atoms with Gasteiger partial charge in [-0.2, -0.15) is 0 Å². The lowest BCUT2D eigenvalue weighted by Gasteiger charge is -2.30. The van der Waals surface area contributed by atoms with E-state index in [-0.39, 0.29) is 0 Å². The lowest BCUT2D eigenvalue weighted by atomic mass is 10.1. The molecule has 4 nitrogen and oxygen atoms in total. The number of likely N-dealkylation sites (tertiary alicyclic amines) is 1. The Balaban J connectivity index is 1.68. The number of hydrogen-bond acceptors (Lipinski definition) is 2. The molecule has 2 saturated heterocycles. The normalized spacial score (nSPS) is 23.3. The smallest absolute Gasteiger partial charge is 0.198 e. The van der Waals surface area contributed by atoms with E-state index in [9.17, 15) is 0 Å². The molecule has 0 bridgehead atoms. The third-order valence-electron chi connectivity index (χ3n) is 4.97. The van der Waals surface area contributed by atoms with Gasteiger partial charge in [0.1, 0.15) is 0 Å². The van der Waals surface area contributed by atoms with Crippen LogP contribution in [0, 0.1) is 5.41 Å². The molecule has 1 N–H and O–H groups in total. The van der Waals surface area contributed by atoms with Gasteiger partial charge < -0.3 is 14.7 Å². The van der Waals surface area contributed by atoms with E-state index in [0.29, 0.717) is 12.0 Å². The topological polar surface area (TPSA) is 33.6 Å². The number of rotatable bonds is 5. The molecule has 0 aromatic heterocycles. The van der Waals surface area contributed by atoms with Crippen molar-refractivity contribution in [1.29, 1.82) is 5.41 Å². The van der Waals surface area contributed by atoms with Crippen LogP contribution in [0.15, 0.2) is 30.3 Å². The highest BCUT2D eigenvalue weighted by molar-refractivity contribution is 5.96. The maximum Gasteiger partial charge on any atom is 0.198 e. The second-order valence-corrected chi connectivity index (χ2v) is 6.41. The van der Waals surface area contributed by atoms with Gasteiger partial charge in [-0.1, -0.05) is 24.6 Å². The number of benzene rings is 1. The quantitative estimate of drug-likeness (QED) is 0.907. The highest BCUT2D eigenvalue weighted by Crippen LogP contribution is 2.26. The molecule has 1 unspecified atom stereocenters. The standard InChI is InChI=1S/C18H28N4/c1-2-21-15-17(11-14-20-12-7-4-8-13-20)22(18(21)19)16-9-5-3-6-10-16/h3,5-6,9-10,17,19H,2,4,7-8,11-15H2,1H3. The Bertz CT molecular complexity index is 481. The summed E-state index contributed by atoms with van der Waals surface area (Å²) in [6.45, 7) is 7.73. The predicted molar refractivity (Wildman–Crippen MR) is 92.6 cm³/mol. The van der Waals surface area contributed by atoms with E-state index in [1.807, 2.05) is 6.07 Å². The fraction of sp³-hybridized carbons (Fsp3) is 0.611. The van der Waals surface area contributed by atoms with Gasteiger partial charge in [-0.3, -0.25) is 5.41 Å². The van der Waals surface area contributed by atoms with Gasteiger partial charge >= 0.3 is 0 Å². The summed E-state index contributed by atoms with van der Waals surface area (Å²) < 4.78 is 0. The van der Waals surface area contributed by atoms with E-state index < -0.39 is 0 Å².